The molecule has 0 aliphatic rings. The SMILES string of the molecule is CCOC(=O)c1coc(OCCN(CC)CC)n1. The van der Waals surface area contributed by atoms with E-state index in [1.165, 1.54) is 6.26 Å². The number of ether oxygens (including phenoxy) is 2. The second-order valence-electron chi connectivity index (χ2n) is 3.59. The summed E-state index contributed by atoms with van der Waals surface area (Å²) < 4.78 is 15.1. The van der Waals surface area contributed by atoms with Gasteiger partial charge in [0.25, 0.3) is 0 Å². The first-order valence-corrected chi connectivity index (χ1v) is 6.19. The topological polar surface area (TPSA) is 64.8 Å². The number of hydrogen-bond acceptors (Lipinski definition) is 6. The highest BCUT2D eigenvalue weighted by Crippen LogP contribution is 2.11. The minimum Gasteiger partial charge on any atom is -0.461 e. The van der Waals surface area contributed by atoms with Gasteiger partial charge in [0.1, 0.15) is 12.9 Å². The Labute approximate surface area is 107 Å². The molecule has 0 atom stereocenters. The fourth-order valence-corrected chi connectivity index (χ4v) is 1.42. The van der Waals surface area contributed by atoms with Crippen LogP contribution in [0.15, 0.2) is 10.7 Å². The van der Waals surface area contributed by atoms with Gasteiger partial charge in [0, 0.05) is 6.54 Å². The van der Waals surface area contributed by atoms with E-state index >= 15 is 0 Å². The number of oxazole rings is 1. The molecule has 0 N–H and O–H groups in total. The van der Waals surface area contributed by atoms with Crippen LogP contribution in [0.5, 0.6) is 6.08 Å². The smallest absolute Gasteiger partial charge is 0.394 e. The molecule has 0 aliphatic carbocycles. The largest absolute Gasteiger partial charge is 0.461 e. The summed E-state index contributed by atoms with van der Waals surface area (Å²) in [5.41, 5.74) is 0.134. The van der Waals surface area contributed by atoms with E-state index in [4.69, 9.17) is 13.9 Å². The second kappa shape index (κ2) is 7.71. The molecular weight excluding hydrogens is 236 g/mol. The first-order chi connectivity index (χ1) is 8.71. The lowest BCUT2D eigenvalue weighted by Gasteiger charge is -2.16. The summed E-state index contributed by atoms with van der Waals surface area (Å²) in [6.45, 7) is 9.44. The Hall–Kier alpha value is -1.56. The minimum absolute atomic E-state index is 0.102. The Morgan fingerprint density at radius 2 is 2.11 bits per heavy atom. The van der Waals surface area contributed by atoms with Gasteiger partial charge in [0.05, 0.1) is 6.61 Å². The summed E-state index contributed by atoms with van der Waals surface area (Å²) in [6, 6.07) is 0. The van der Waals surface area contributed by atoms with Crippen molar-refractivity contribution < 1.29 is 18.7 Å². The van der Waals surface area contributed by atoms with Crippen molar-refractivity contribution in [2.24, 2.45) is 0 Å². The third-order valence-electron chi connectivity index (χ3n) is 2.50. The fraction of sp³-hybridized carbons (Fsp3) is 0.667. The van der Waals surface area contributed by atoms with Gasteiger partial charge < -0.3 is 18.8 Å². The quantitative estimate of drug-likeness (QED) is 0.658. The molecule has 0 spiro atoms. The number of carbonyl (C=O) groups is 1. The van der Waals surface area contributed by atoms with E-state index in [9.17, 15) is 4.79 Å². The Bertz CT molecular complexity index is 361. The number of hydrogen-bond donors (Lipinski definition) is 0. The molecule has 1 aromatic rings. The highest BCUT2D eigenvalue weighted by atomic mass is 16.6. The zero-order valence-electron chi connectivity index (χ0n) is 11.1. The Morgan fingerprint density at radius 1 is 1.39 bits per heavy atom. The molecule has 0 aliphatic heterocycles. The van der Waals surface area contributed by atoms with Gasteiger partial charge in [-0.1, -0.05) is 13.8 Å². The van der Waals surface area contributed by atoms with Crippen LogP contribution in [0.1, 0.15) is 31.3 Å². The van der Waals surface area contributed by atoms with Crippen LogP contribution in [0.2, 0.25) is 0 Å². The molecule has 0 saturated heterocycles. The van der Waals surface area contributed by atoms with Crippen LogP contribution >= 0.6 is 0 Å². The van der Waals surface area contributed by atoms with E-state index in [1.54, 1.807) is 6.92 Å². The van der Waals surface area contributed by atoms with E-state index in [0.29, 0.717) is 13.2 Å². The summed E-state index contributed by atoms with van der Waals surface area (Å²) in [6.07, 6.45) is 1.34. The van der Waals surface area contributed by atoms with Gasteiger partial charge in [-0.15, -0.1) is 0 Å². The molecule has 0 saturated carbocycles. The zero-order valence-corrected chi connectivity index (χ0v) is 11.1. The summed E-state index contributed by atoms with van der Waals surface area (Å²) in [7, 11) is 0. The number of carbonyl (C=O) groups excluding carboxylic acids is 1. The van der Waals surface area contributed by atoms with Crippen molar-refractivity contribution in [3.63, 3.8) is 0 Å². The van der Waals surface area contributed by atoms with Crippen molar-refractivity contribution in [3.8, 4) is 6.08 Å². The number of nitrogens with zero attached hydrogens (tertiary/aromatic N) is 2. The third kappa shape index (κ3) is 4.37. The van der Waals surface area contributed by atoms with Crippen molar-refractivity contribution >= 4 is 5.97 Å². The van der Waals surface area contributed by atoms with Crippen LogP contribution in [0, 0.1) is 0 Å². The van der Waals surface area contributed by atoms with E-state index in [2.05, 4.69) is 23.7 Å². The van der Waals surface area contributed by atoms with Crippen molar-refractivity contribution in [2.45, 2.75) is 20.8 Å². The lowest BCUT2D eigenvalue weighted by Crippen LogP contribution is -2.27. The van der Waals surface area contributed by atoms with Gasteiger partial charge in [-0.25, -0.2) is 4.79 Å². The van der Waals surface area contributed by atoms with Crippen molar-refractivity contribution in [1.29, 1.82) is 0 Å². The van der Waals surface area contributed by atoms with Crippen molar-refractivity contribution in [2.75, 3.05) is 32.8 Å². The van der Waals surface area contributed by atoms with Crippen LogP contribution < -0.4 is 4.74 Å². The summed E-state index contributed by atoms with van der Waals surface area (Å²) in [4.78, 5) is 17.4. The molecule has 1 rings (SSSR count). The lowest BCUT2D eigenvalue weighted by molar-refractivity contribution is 0.0519. The molecule has 0 bridgehead atoms. The monoisotopic (exact) mass is 256 g/mol. The Morgan fingerprint density at radius 3 is 2.72 bits per heavy atom. The van der Waals surface area contributed by atoms with E-state index < -0.39 is 5.97 Å². The van der Waals surface area contributed by atoms with E-state index in [1.807, 2.05) is 0 Å². The van der Waals surface area contributed by atoms with Crippen LogP contribution in [0.4, 0.5) is 0 Å². The fourth-order valence-electron chi connectivity index (χ4n) is 1.42. The molecule has 6 nitrogen and oxygen atoms in total. The summed E-state index contributed by atoms with van der Waals surface area (Å²) in [5, 5.41) is 0. The van der Waals surface area contributed by atoms with Crippen LogP contribution in [-0.2, 0) is 4.74 Å². The molecule has 0 radical (unpaired) electrons. The van der Waals surface area contributed by atoms with Gasteiger partial charge in [0.15, 0.2) is 5.69 Å². The molecular formula is C12H20N2O4. The van der Waals surface area contributed by atoms with Crippen LogP contribution in [-0.4, -0.2) is 48.7 Å². The molecule has 18 heavy (non-hydrogen) atoms. The molecule has 0 fully saturated rings. The average molecular weight is 256 g/mol. The van der Waals surface area contributed by atoms with E-state index in [-0.39, 0.29) is 11.8 Å². The normalized spacial score (nSPS) is 10.7. The summed E-state index contributed by atoms with van der Waals surface area (Å²) in [5.74, 6) is -0.500. The molecule has 0 aromatic carbocycles. The minimum atomic E-state index is -0.500. The van der Waals surface area contributed by atoms with Gasteiger partial charge in [-0.05, 0) is 20.0 Å². The standard InChI is InChI=1S/C12H20N2O4/c1-4-14(5-2)7-8-17-12-13-10(9-18-12)11(15)16-6-3/h9H,4-8H2,1-3H3. The molecule has 6 heteroatoms. The predicted molar refractivity (Wildman–Crippen MR) is 65.7 cm³/mol. The van der Waals surface area contributed by atoms with Gasteiger partial charge in [-0.2, -0.15) is 4.98 Å². The molecule has 0 amide bonds. The maximum atomic E-state index is 11.3. The van der Waals surface area contributed by atoms with Crippen LogP contribution in [0.3, 0.4) is 0 Å². The van der Waals surface area contributed by atoms with Gasteiger partial charge >= 0.3 is 12.0 Å². The Balaban J connectivity index is 2.37. The Kier molecular flexibility index (Phi) is 6.21. The summed E-state index contributed by atoms with van der Waals surface area (Å²) >= 11 is 0. The number of esters is 1. The van der Waals surface area contributed by atoms with Crippen LogP contribution in [0.25, 0.3) is 0 Å². The molecule has 1 aromatic heterocycles. The number of likely N-dealkylation sites (N-methyl/N-ethyl adjacent to an activating group) is 1. The maximum Gasteiger partial charge on any atom is 0.394 e. The molecule has 1 heterocycles. The zero-order chi connectivity index (χ0) is 13.4. The molecule has 102 valence electrons. The number of aromatic nitrogens is 1. The molecule has 0 unspecified atom stereocenters. The lowest BCUT2D eigenvalue weighted by atomic mass is 10.5. The number of rotatable bonds is 8. The highest BCUT2D eigenvalue weighted by Gasteiger charge is 2.13. The van der Waals surface area contributed by atoms with Gasteiger partial charge in [0.2, 0.25) is 0 Å². The second-order valence-corrected chi connectivity index (χ2v) is 3.59. The van der Waals surface area contributed by atoms with E-state index in [0.717, 1.165) is 19.6 Å². The maximum absolute atomic E-state index is 11.3. The van der Waals surface area contributed by atoms with Crippen molar-refractivity contribution in [3.05, 3.63) is 12.0 Å². The predicted octanol–water partition coefficient (Wildman–Crippen LogP) is 1.57. The average Bonchev–Trinajstić information content (AvgIpc) is 2.84. The van der Waals surface area contributed by atoms with Gasteiger partial charge in [-0.3, -0.25) is 0 Å². The first kappa shape index (κ1) is 14.5. The van der Waals surface area contributed by atoms with Crippen molar-refractivity contribution in [1.82, 2.24) is 9.88 Å². The first-order valence-electron chi connectivity index (χ1n) is 6.19. The third-order valence-corrected chi connectivity index (χ3v) is 2.50. The highest BCUT2D eigenvalue weighted by molar-refractivity contribution is 5.86.